The first-order chi connectivity index (χ1) is 7.47. The molecule has 0 aliphatic rings. The molecule has 16 heavy (non-hydrogen) atoms. The third-order valence-corrected chi connectivity index (χ3v) is 3.10. The fourth-order valence-electron chi connectivity index (χ4n) is 1.58. The summed E-state index contributed by atoms with van der Waals surface area (Å²) in [5, 5.41) is 7.24. The monoisotopic (exact) mass is 243 g/mol. The van der Waals surface area contributed by atoms with Crippen LogP contribution in [0.4, 0.5) is 0 Å². The van der Waals surface area contributed by atoms with Gasteiger partial charge in [-0.05, 0) is 18.7 Å². The molecule has 4 nitrogen and oxygen atoms in total. The van der Waals surface area contributed by atoms with Crippen molar-refractivity contribution >= 4 is 11.8 Å². The molecule has 1 aromatic heterocycles. The quantitative estimate of drug-likeness (QED) is 0.858. The molecule has 1 heterocycles. The van der Waals surface area contributed by atoms with Crippen molar-refractivity contribution in [2.75, 3.05) is 13.3 Å². The van der Waals surface area contributed by atoms with Gasteiger partial charge in [-0.25, -0.2) is 0 Å². The van der Waals surface area contributed by atoms with E-state index in [1.54, 1.807) is 11.8 Å². The minimum atomic E-state index is 0.183. The van der Waals surface area contributed by atoms with Gasteiger partial charge in [0.25, 0.3) is 0 Å². The summed E-state index contributed by atoms with van der Waals surface area (Å²) in [7, 11) is 1.97. The van der Waals surface area contributed by atoms with Crippen molar-refractivity contribution in [2.45, 2.75) is 39.0 Å². The van der Waals surface area contributed by atoms with Crippen LogP contribution < -0.4 is 5.32 Å². The Morgan fingerprint density at radius 1 is 1.44 bits per heavy atom. The van der Waals surface area contributed by atoms with E-state index in [2.05, 4.69) is 36.2 Å². The van der Waals surface area contributed by atoms with Crippen LogP contribution in [0.25, 0.3) is 0 Å². The number of likely N-dealkylation sites (N-methyl/N-ethyl adjacent to an activating group) is 1. The average molecular weight is 243 g/mol. The number of hydrogen-bond acceptors (Lipinski definition) is 5. The zero-order valence-electron chi connectivity index (χ0n) is 10.7. The van der Waals surface area contributed by atoms with E-state index in [9.17, 15) is 0 Å². The van der Waals surface area contributed by atoms with Crippen LogP contribution in [0.15, 0.2) is 4.52 Å². The molecule has 1 aromatic rings. The third kappa shape index (κ3) is 3.79. The topological polar surface area (TPSA) is 51.0 Å². The van der Waals surface area contributed by atoms with E-state index in [0.717, 1.165) is 23.9 Å². The first-order valence-corrected chi connectivity index (χ1v) is 6.84. The van der Waals surface area contributed by atoms with Crippen molar-refractivity contribution in [3.8, 4) is 0 Å². The van der Waals surface area contributed by atoms with E-state index in [4.69, 9.17) is 4.52 Å². The summed E-state index contributed by atoms with van der Waals surface area (Å²) in [4.78, 5) is 4.36. The van der Waals surface area contributed by atoms with Gasteiger partial charge in [0.15, 0.2) is 5.82 Å². The van der Waals surface area contributed by atoms with E-state index in [0.29, 0.717) is 6.04 Å². The molecule has 1 atom stereocenters. The summed E-state index contributed by atoms with van der Waals surface area (Å²) in [6, 6.07) is 0.343. The van der Waals surface area contributed by atoms with Gasteiger partial charge in [0.2, 0.25) is 5.89 Å². The summed E-state index contributed by atoms with van der Waals surface area (Å²) in [6.07, 6.45) is 2.81. The lowest BCUT2D eigenvalue weighted by molar-refractivity contribution is 0.255. The number of thioether (sulfide) groups is 1. The van der Waals surface area contributed by atoms with Crippen molar-refractivity contribution < 1.29 is 4.52 Å². The highest BCUT2D eigenvalue weighted by atomic mass is 32.2. The number of nitrogens with one attached hydrogen (secondary N) is 1. The van der Waals surface area contributed by atoms with Crippen LogP contribution in [-0.2, 0) is 12.2 Å². The smallest absolute Gasteiger partial charge is 0.228 e. The molecule has 1 unspecified atom stereocenters. The fraction of sp³-hybridized carbons (Fsp3) is 0.818. The number of aromatic nitrogens is 2. The van der Waals surface area contributed by atoms with Crippen LogP contribution in [-0.4, -0.2) is 29.5 Å². The minimum absolute atomic E-state index is 0.183. The van der Waals surface area contributed by atoms with Gasteiger partial charge in [0, 0.05) is 12.5 Å². The van der Waals surface area contributed by atoms with E-state index in [1.807, 2.05) is 13.3 Å². The second-order valence-electron chi connectivity index (χ2n) is 4.95. The predicted molar refractivity (Wildman–Crippen MR) is 67.5 cm³/mol. The van der Waals surface area contributed by atoms with E-state index in [-0.39, 0.29) is 5.41 Å². The molecule has 0 aliphatic heterocycles. The highest BCUT2D eigenvalue weighted by Crippen LogP contribution is 2.22. The first-order valence-electron chi connectivity index (χ1n) is 5.45. The molecule has 92 valence electrons. The van der Waals surface area contributed by atoms with E-state index >= 15 is 0 Å². The first kappa shape index (κ1) is 13.5. The second-order valence-corrected chi connectivity index (χ2v) is 5.81. The molecule has 5 heteroatoms. The normalized spacial score (nSPS) is 14.1. The molecule has 0 aromatic carbocycles. The molecule has 0 aliphatic carbocycles. The number of rotatable bonds is 5. The molecule has 1 N–H and O–H groups in total. The Morgan fingerprint density at radius 2 is 2.12 bits per heavy atom. The molecule has 0 fully saturated rings. The third-order valence-electron chi connectivity index (χ3n) is 2.56. The summed E-state index contributed by atoms with van der Waals surface area (Å²) < 4.78 is 5.23. The van der Waals surface area contributed by atoms with Crippen LogP contribution >= 0.6 is 11.8 Å². The van der Waals surface area contributed by atoms with Gasteiger partial charge in [-0.3, -0.25) is 0 Å². The Kier molecular flexibility index (Phi) is 4.80. The maximum atomic E-state index is 5.23. The van der Waals surface area contributed by atoms with Gasteiger partial charge < -0.3 is 9.84 Å². The Labute approximate surface area is 102 Å². The van der Waals surface area contributed by atoms with Crippen LogP contribution in [0.3, 0.4) is 0 Å². The lowest BCUT2D eigenvalue weighted by Crippen LogP contribution is -2.39. The van der Waals surface area contributed by atoms with Crippen molar-refractivity contribution in [1.82, 2.24) is 15.5 Å². The van der Waals surface area contributed by atoms with Crippen molar-refractivity contribution in [1.29, 1.82) is 0 Å². The lowest BCUT2D eigenvalue weighted by Gasteiger charge is -2.29. The Balaban J connectivity index is 2.63. The summed E-state index contributed by atoms with van der Waals surface area (Å²) in [5.41, 5.74) is 0.183. The fourth-order valence-corrected chi connectivity index (χ4v) is 1.95. The summed E-state index contributed by atoms with van der Waals surface area (Å²) in [6.45, 7) is 6.61. The van der Waals surface area contributed by atoms with Gasteiger partial charge in [0.1, 0.15) is 0 Å². The molecule has 0 radical (unpaired) electrons. The minimum Gasteiger partial charge on any atom is -0.339 e. The molecule has 1 rings (SSSR count). The van der Waals surface area contributed by atoms with Crippen LogP contribution in [0.5, 0.6) is 0 Å². The molecular weight excluding hydrogens is 222 g/mol. The van der Waals surface area contributed by atoms with Crippen LogP contribution in [0.2, 0.25) is 0 Å². The zero-order chi connectivity index (χ0) is 12.2. The molecule has 0 saturated heterocycles. The van der Waals surface area contributed by atoms with Crippen LogP contribution in [0.1, 0.15) is 32.5 Å². The molecule has 0 spiro atoms. The zero-order valence-corrected chi connectivity index (χ0v) is 11.5. The van der Waals surface area contributed by atoms with E-state index < -0.39 is 0 Å². The molecule has 0 amide bonds. The maximum absolute atomic E-state index is 5.23. The van der Waals surface area contributed by atoms with Crippen molar-refractivity contribution in [2.24, 2.45) is 5.41 Å². The Hall–Kier alpha value is -0.550. The Morgan fingerprint density at radius 3 is 2.62 bits per heavy atom. The van der Waals surface area contributed by atoms with Crippen molar-refractivity contribution in [3.63, 3.8) is 0 Å². The van der Waals surface area contributed by atoms with Gasteiger partial charge >= 0.3 is 0 Å². The number of nitrogens with zero attached hydrogens (tertiary/aromatic N) is 2. The lowest BCUT2D eigenvalue weighted by atomic mass is 9.85. The standard InChI is InChI=1S/C11H21N3OS/c1-11(2,3)8(12-4)6-10-13-9(7-16-5)14-15-10/h8,12H,6-7H2,1-5H3. The molecular formula is C11H21N3OS. The van der Waals surface area contributed by atoms with Gasteiger partial charge in [0.05, 0.1) is 5.75 Å². The van der Waals surface area contributed by atoms with Gasteiger partial charge in [-0.1, -0.05) is 25.9 Å². The highest BCUT2D eigenvalue weighted by molar-refractivity contribution is 7.97. The maximum Gasteiger partial charge on any atom is 0.228 e. The predicted octanol–water partition coefficient (Wildman–Crippen LogP) is 2.11. The van der Waals surface area contributed by atoms with Crippen molar-refractivity contribution in [3.05, 3.63) is 11.7 Å². The number of hydrogen-bond donors (Lipinski definition) is 1. The highest BCUT2D eigenvalue weighted by Gasteiger charge is 2.25. The van der Waals surface area contributed by atoms with Gasteiger partial charge in [-0.2, -0.15) is 16.7 Å². The Bertz CT molecular complexity index is 319. The van der Waals surface area contributed by atoms with Gasteiger partial charge in [-0.15, -0.1) is 0 Å². The second kappa shape index (κ2) is 5.68. The van der Waals surface area contributed by atoms with E-state index in [1.165, 1.54) is 0 Å². The summed E-state index contributed by atoms with van der Waals surface area (Å²) >= 11 is 1.70. The van der Waals surface area contributed by atoms with Crippen LogP contribution in [0, 0.1) is 5.41 Å². The molecule has 0 bridgehead atoms. The average Bonchev–Trinajstić information content (AvgIpc) is 2.61. The SMILES string of the molecule is CNC(Cc1nc(CSC)no1)C(C)(C)C. The molecule has 0 saturated carbocycles. The summed E-state index contributed by atoms with van der Waals surface area (Å²) in [5.74, 6) is 2.31. The largest absolute Gasteiger partial charge is 0.339 e.